The van der Waals surface area contributed by atoms with Crippen LogP contribution in [0.5, 0.6) is 0 Å². The summed E-state index contributed by atoms with van der Waals surface area (Å²) >= 11 is 0. The standard InChI is InChI=1S/C15H20FN3O2/c1-9-5-6-17-14(7-9)15(21)19-13-8-11(18-10(2)20)3-4-12(13)16/h3-4,8-9,14,17H,5-7H2,1-2H3,(H,18,20)(H,19,21). The van der Waals surface area contributed by atoms with Crippen LogP contribution in [0.1, 0.15) is 26.7 Å². The lowest BCUT2D eigenvalue weighted by Gasteiger charge is -2.27. The van der Waals surface area contributed by atoms with Gasteiger partial charge in [-0.25, -0.2) is 4.39 Å². The fraction of sp³-hybridized carbons (Fsp3) is 0.467. The van der Waals surface area contributed by atoms with Gasteiger partial charge in [-0.2, -0.15) is 0 Å². The second kappa shape index (κ2) is 6.67. The summed E-state index contributed by atoms with van der Waals surface area (Å²) in [5.41, 5.74) is 0.524. The molecular formula is C15H20FN3O2. The SMILES string of the molecule is CC(=O)Nc1ccc(F)c(NC(=O)C2CC(C)CCN2)c1. The van der Waals surface area contributed by atoms with E-state index in [0.29, 0.717) is 11.6 Å². The maximum absolute atomic E-state index is 13.8. The molecule has 0 aliphatic carbocycles. The fourth-order valence-corrected chi connectivity index (χ4v) is 2.43. The van der Waals surface area contributed by atoms with E-state index in [1.54, 1.807) is 0 Å². The highest BCUT2D eigenvalue weighted by Crippen LogP contribution is 2.21. The molecule has 1 aliphatic heterocycles. The lowest BCUT2D eigenvalue weighted by molar-refractivity contribution is -0.119. The van der Waals surface area contributed by atoms with Gasteiger partial charge >= 0.3 is 0 Å². The molecule has 0 bridgehead atoms. The van der Waals surface area contributed by atoms with Crippen molar-refractivity contribution in [3.05, 3.63) is 24.0 Å². The highest BCUT2D eigenvalue weighted by Gasteiger charge is 2.25. The van der Waals surface area contributed by atoms with Crippen molar-refractivity contribution in [1.82, 2.24) is 5.32 Å². The Hall–Kier alpha value is -1.95. The van der Waals surface area contributed by atoms with Crippen molar-refractivity contribution < 1.29 is 14.0 Å². The topological polar surface area (TPSA) is 70.2 Å². The monoisotopic (exact) mass is 293 g/mol. The first-order valence-corrected chi connectivity index (χ1v) is 7.07. The van der Waals surface area contributed by atoms with Crippen molar-refractivity contribution in [2.75, 3.05) is 17.2 Å². The van der Waals surface area contributed by atoms with Crippen molar-refractivity contribution in [3.63, 3.8) is 0 Å². The zero-order chi connectivity index (χ0) is 15.4. The number of anilines is 2. The van der Waals surface area contributed by atoms with Crippen LogP contribution in [0.3, 0.4) is 0 Å². The minimum absolute atomic E-state index is 0.0753. The molecule has 3 N–H and O–H groups in total. The Balaban J connectivity index is 2.07. The Kier molecular flexibility index (Phi) is 4.90. The summed E-state index contributed by atoms with van der Waals surface area (Å²) in [6.45, 7) is 4.25. The Bertz CT molecular complexity index is 548. The van der Waals surface area contributed by atoms with Crippen LogP contribution in [0, 0.1) is 11.7 Å². The number of rotatable bonds is 3. The molecule has 114 valence electrons. The van der Waals surface area contributed by atoms with Gasteiger partial charge < -0.3 is 16.0 Å². The van der Waals surface area contributed by atoms with Gasteiger partial charge in [-0.05, 0) is 43.5 Å². The predicted molar refractivity (Wildman–Crippen MR) is 79.5 cm³/mol. The third-order valence-electron chi connectivity index (χ3n) is 3.53. The number of carbonyl (C=O) groups excluding carboxylic acids is 2. The fourth-order valence-electron chi connectivity index (χ4n) is 2.43. The lowest BCUT2D eigenvalue weighted by Crippen LogP contribution is -2.45. The average Bonchev–Trinajstić information content (AvgIpc) is 2.42. The molecule has 2 amide bonds. The molecular weight excluding hydrogens is 273 g/mol. The zero-order valence-electron chi connectivity index (χ0n) is 12.2. The number of halogens is 1. The van der Waals surface area contributed by atoms with Gasteiger partial charge in [-0.15, -0.1) is 0 Å². The number of piperidine rings is 1. The molecule has 0 radical (unpaired) electrons. The van der Waals surface area contributed by atoms with Crippen LogP contribution in [-0.2, 0) is 9.59 Å². The maximum atomic E-state index is 13.8. The van der Waals surface area contributed by atoms with Crippen molar-refractivity contribution in [2.45, 2.75) is 32.7 Å². The van der Waals surface area contributed by atoms with Crippen molar-refractivity contribution in [1.29, 1.82) is 0 Å². The van der Waals surface area contributed by atoms with Gasteiger partial charge in [-0.3, -0.25) is 9.59 Å². The molecule has 2 rings (SSSR count). The molecule has 0 spiro atoms. The quantitative estimate of drug-likeness (QED) is 0.799. The molecule has 1 aromatic carbocycles. The number of carbonyl (C=O) groups is 2. The molecule has 0 saturated carbocycles. The van der Waals surface area contributed by atoms with Gasteiger partial charge in [0.15, 0.2) is 0 Å². The minimum atomic E-state index is -0.527. The first kappa shape index (κ1) is 15.4. The van der Waals surface area contributed by atoms with Crippen molar-refractivity contribution in [2.24, 2.45) is 5.92 Å². The number of hydrogen-bond acceptors (Lipinski definition) is 3. The highest BCUT2D eigenvalue weighted by atomic mass is 19.1. The largest absolute Gasteiger partial charge is 0.326 e. The molecule has 1 saturated heterocycles. The Morgan fingerprint density at radius 2 is 2.10 bits per heavy atom. The highest BCUT2D eigenvalue weighted by molar-refractivity contribution is 5.96. The average molecular weight is 293 g/mol. The molecule has 6 heteroatoms. The Morgan fingerprint density at radius 3 is 2.76 bits per heavy atom. The van der Waals surface area contributed by atoms with Crippen LogP contribution < -0.4 is 16.0 Å². The first-order valence-electron chi connectivity index (χ1n) is 7.07. The van der Waals surface area contributed by atoms with E-state index >= 15 is 0 Å². The summed E-state index contributed by atoms with van der Waals surface area (Å²) < 4.78 is 13.8. The summed E-state index contributed by atoms with van der Waals surface area (Å²) in [6, 6.07) is 3.78. The van der Waals surface area contributed by atoms with E-state index in [2.05, 4.69) is 22.9 Å². The van der Waals surface area contributed by atoms with Crippen LogP contribution in [0.25, 0.3) is 0 Å². The van der Waals surface area contributed by atoms with Gasteiger partial charge in [-0.1, -0.05) is 6.92 Å². The first-order chi connectivity index (χ1) is 9.95. The summed E-state index contributed by atoms with van der Waals surface area (Å²) in [7, 11) is 0. The van der Waals surface area contributed by atoms with Gasteiger partial charge in [0.05, 0.1) is 11.7 Å². The van der Waals surface area contributed by atoms with E-state index in [-0.39, 0.29) is 23.5 Å². The van der Waals surface area contributed by atoms with Gasteiger partial charge in [0, 0.05) is 12.6 Å². The van der Waals surface area contributed by atoms with E-state index in [1.807, 2.05) is 0 Å². The Morgan fingerprint density at radius 1 is 1.33 bits per heavy atom. The zero-order valence-corrected chi connectivity index (χ0v) is 12.2. The predicted octanol–water partition coefficient (Wildman–Crippen LogP) is 2.11. The summed E-state index contributed by atoms with van der Waals surface area (Å²) in [4.78, 5) is 23.2. The second-order valence-electron chi connectivity index (χ2n) is 5.50. The number of nitrogens with one attached hydrogen (secondary N) is 3. The van der Waals surface area contributed by atoms with Crippen LogP contribution in [-0.4, -0.2) is 24.4 Å². The normalized spacial score (nSPS) is 21.7. The van der Waals surface area contributed by atoms with E-state index in [1.165, 1.54) is 25.1 Å². The van der Waals surface area contributed by atoms with E-state index in [0.717, 1.165) is 19.4 Å². The van der Waals surface area contributed by atoms with Crippen LogP contribution in [0.4, 0.5) is 15.8 Å². The van der Waals surface area contributed by atoms with E-state index in [4.69, 9.17) is 0 Å². The number of benzene rings is 1. The second-order valence-corrected chi connectivity index (χ2v) is 5.50. The molecule has 1 aromatic rings. The number of hydrogen-bond donors (Lipinski definition) is 3. The van der Waals surface area contributed by atoms with Gasteiger partial charge in [0.1, 0.15) is 5.82 Å². The lowest BCUT2D eigenvalue weighted by atomic mass is 9.94. The van der Waals surface area contributed by atoms with Crippen LogP contribution >= 0.6 is 0 Å². The van der Waals surface area contributed by atoms with E-state index < -0.39 is 5.82 Å². The third-order valence-corrected chi connectivity index (χ3v) is 3.53. The minimum Gasteiger partial charge on any atom is -0.326 e. The van der Waals surface area contributed by atoms with Crippen LogP contribution in [0.15, 0.2) is 18.2 Å². The van der Waals surface area contributed by atoms with Crippen molar-refractivity contribution >= 4 is 23.2 Å². The smallest absolute Gasteiger partial charge is 0.241 e. The van der Waals surface area contributed by atoms with Crippen LogP contribution in [0.2, 0.25) is 0 Å². The molecule has 2 unspecified atom stereocenters. The molecule has 0 aromatic heterocycles. The Labute approximate surface area is 123 Å². The van der Waals surface area contributed by atoms with Crippen molar-refractivity contribution in [3.8, 4) is 0 Å². The molecule has 1 aliphatic rings. The van der Waals surface area contributed by atoms with Gasteiger partial charge in [0.2, 0.25) is 11.8 Å². The molecule has 2 atom stereocenters. The summed E-state index contributed by atoms with van der Waals surface area (Å²) in [6.07, 6.45) is 1.77. The molecule has 21 heavy (non-hydrogen) atoms. The maximum Gasteiger partial charge on any atom is 0.241 e. The van der Waals surface area contributed by atoms with Gasteiger partial charge in [0.25, 0.3) is 0 Å². The summed E-state index contributed by atoms with van der Waals surface area (Å²) in [5.74, 6) is -0.555. The third kappa shape index (κ3) is 4.26. The molecule has 1 fully saturated rings. The molecule has 1 heterocycles. The summed E-state index contributed by atoms with van der Waals surface area (Å²) in [5, 5.41) is 8.28. The number of amides is 2. The molecule has 5 nitrogen and oxygen atoms in total. The van der Waals surface area contributed by atoms with E-state index in [9.17, 15) is 14.0 Å².